The van der Waals surface area contributed by atoms with Crippen molar-refractivity contribution in [3.8, 4) is 0 Å². The van der Waals surface area contributed by atoms with Gasteiger partial charge < -0.3 is 15.7 Å². The lowest BCUT2D eigenvalue weighted by molar-refractivity contribution is -0.136. The molecule has 1 heterocycles. The number of hydrogen-bond donors (Lipinski definition) is 2. The highest BCUT2D eigenvalue weighted by atomic mass is 16.3. The van der Waals surface area contributed by atoms with Crippen LogP contribution < -0.4 is 5.73 Å². The van der Waals surface area contributed by atoms with Crippen LogP contribution in [0.1, 0.15) is 26.2 Å². The Labute approximate surface area is 78.7 Å². The van der Waals surface area contributed by atoms with Gasteiger partial charge in [0.05, 0.1) is 18.7 Å². The topological polar surface area (TPSA) is 66.6 Å². The largest absolute Gasteiger partial charge is 0.391 e. The summed E-state index contributed by atoms with van der Waals surface area (Å²) < 4.78 is 0. The first kappa shape index (κ1) is 10.5. The van der Waals surface area contributed by atoms with Gasteiger partial charge in [0.2, 0.25) is 5.91 Å². The highest BCUT2D eigenvalue weighted by Gasteiger charge is 2.28. The van der Waals surface area contributed by atoms with E-state index in [1.54, 1.807) is 11.8 Å². The molecule has 0 aromatic heterocycles. The van der Waals surface area contributed by atoms with Crippen molar-refractivity contribution < 1.29 is 9.90 Å². The fraction of sp³-hybridized carbons (Fsp3) is 0.889. The lowest BCUT2D eigenvalue weighted by Gasteiger charge is -2.37. The minimum absolute atomic E-state index is 0.0233. The second-order valence-electron chi connectivity index (χ2n) is 3.59. The summed E-state index contributed by atoms with van der Waals surface area (Å²) in [6.45, 7) is 2.52. The van der Waals surface area contributed by atoms with Gasteiger partial charge in [-0.05, 0) is 26.2 Å². The smallest absolute Gasteiger partial charge is 0.236 e. The number of likely N-dealkylation sites (tertiary alicyclic amines) is 1. The summed E-state index contributed by atoms with van der Waals surface area (Å²) in [5, 5.41) is 9.46. The molecule has 1 amide bonds. The summed E-state index contributed by atoms with van der Waals surface area (Å²) in [7, 11) is 0. The van der Waals surface area contributed by atoms with E-state index in [0.717, 1.165) is 25.8 Å². The van der Waals surface area contributed by atoms with E-state index < -0.39 is 6.10 Å². The number of hydrogen-bond acceptors (Lipinski definition) is 3. The highest BCUT2D eigenvalue weighted by molar-refractivity contribution is 5.78. The molecule has 13 heavy (non-hydrogen) atoms. The lowest BCUT2D eigenvalue weighted by Crippen LogP contribution is -2.50. The van der Waals surface area contributed by atoms with Crippen molar-refractivity contribution in [3.63, 3.8) is 0 Å². The fourth-order valence-electron chi connectivity index (χ4n) is 1.89. The molecule has 1 aliphatic rings. The standard InChI is InChI=1S/C9H18N2O2/c1-7(12)8-4-2-3-5-11(8)9(13)6-10/h7-8,12H,2-6,10H2,1H3/t7-,8-/m0/s1. The quantitative estimate of drug-likeness (QED) is 0.622. The molecule has 0 saturated carbocycles. The van der Waals surface area contributed by atoms with Crippen molar-refractivity contribution in [1.29, 1.82) is 0 Å². The normalized spacial score (nSPS) is 25.8. The average molecular weight is 186 g/mol. The molecule has 0 bridgehead atoms. The van der Waals surface area contributed by atoms with E-state index in [0.29, 0.717) is 0 Å². The number of nitrogens with two attached hydrogens (primary N) is 1. The number of carbonyl (C=O) groups is 1. The van der Waals surface area contributed by atoms with Gasteiger partial charge in [-0.25, -0.2) is 0 Å². The van der Waals surface area contributed by atoms with Crippen LogP contribution in [-0.4, -0.2) is 41.1 Å². The molecule has 0 aromatic carbocycles. The second-order valence-corrected chi connectivity index (χ2v) is 3.59. The van der Waals surface area contributed by atoms with Crippen LogP contribution in [0.15, 0.2) is 0 Å². The number of nitrogens with zero attached hydrogens (tertiary/aromatic N) is 1. The number of amides is 1. The van der Waals surface area contributed by atoms with Crippen LogP contribution in [0, 0.1) is 0 Å². The van der Waals surface area contributed by atoms with Crippen molar-refractivity contribution in [2.24, 2.45) is 5.73 Å². The Bertz CT molecular complexity index is 182. The number of aliphatic hydroxyl groups excluding tert-OH is 1. The summed E-state index contributed by atoms with van der Waals surface area (Å²) in [6.07, 6.45) is 2.55. The van der Waals surface area contributed by atoms with E-state index in [2.05, 4.69) is 0 Å². The van der Waals surface area contributed by atoms with Crippen LogP contribution in [-0.2, 0) is 4.79 Å². The number of rotatable bonds is 2. The van der Waals surface area contributed by atoms with E-state index >= 15 is 0 Å². The maximum absolute atomic E-state index is 11.4. The zero-order chi connectivity index (χ0) is 9.84. The van der Waals surface area contributed by atoms with Crippen molar-refractivity contribution >= 4 is 5.91 Å². The van der Waals surface area contributed by atoms with Crippen LogP contribution in [0.4, 0.5) is 0 Å². The molecule has 0 aliphatic carbocycles. The summed E-state index contributed by atoms with van der Waals surface area (Å²) in [5.74, 6) is -0.0504. The molecule has 1 aliphatic heterocycles. The van der Waals surface area contributed by atoms with Crippen LogP contribution in [0.5, 0.6) is 0 Å². The van der Waals surface area contributed by atoms with Crippen LogP contribution >= 0.6 is 0 Å². The van der Waals surface area contributed by atoms with Crippen LogP contribution in [0.25, 0.3) is 0 Å². The van der Waals surface area contributed by atoms with Gasteiger partial charge in [-0.1, -0.05) is 0 Å². The van der Waals surface area contributed by atoms with Gasteiger partial charge in [0.1, 0.15) is 0 Å². The molecular formula is C9H18N2O2. The number of aliphatic hydroxyl groups is 1. The van der Waals surface area contributed by atoms with Gasteiger partial charge in [0.25, 0.3) is 0 Å². The minimum atomic E-state index is -0.448. The van der Waals surface area contributed by atoms with Crippen molar-refractivity contribution in [3.05, 3.63) is 0 Å². The molecule has 1 rings (SSSR count). The molecule has 0 unspecified atom stereocenters. The van der Waals surface area contributed by atoms with E-state index in [9.17, 15) is 9.90 Å². The van der Waals surface area contributed by atoms with Crippen molar-refractivity contribution in [1.82, 2.24) is 4.90 Å². The maximum Gasteiger partial charge on any atom is 0.236 e. The molecule has 1 saturated heterocycles. The van der Waals surface area contributed by atoms with Gasteiger partial charge in [-0.2, -0.15) is 0 Å². The van der Waals surface area contributed by atoms with Crippen LogP contribution in [0.2, 0.25) is 0 Å². The number of carbonyl (C=O) groups excluding carboxylic acids is 1. The Kier molecular flexibility index (Phi) is 3.69. The van der Waals surface area contributed by atoms with Gasteiger partial charge in [-0.3, -0.25) is 4.79 Å². The molecule has 0 aromatic rings. The minimum Gasteiger partial charge on any atom is -0.391 e. The first-order valence-electron chi connectivity index (χ1n) is 4.84. The second kappa shape index (κ2) is 4.58. The molecule has 1 fully saturated rings. The van der Waals surface area contributed by atoms with E-state index in [4.69, 9.17) is 5.73 Å². The third-order valence-electron chi connectivity index (χ3n) is 2.60. The SMILES string of the molecule is C[C@H](O)[C@@H]1CCCCN1C(=O)CN. The van der Waals surface area contributed by atoms with Crippen molar-refractivity contribution in [2.75, 3.05) is 13.1 Å². The zero-order valence-corrected chi connectivity index (χ0v) is 8.07. The summed E-state index contributed by atoms with van der Waals surface area (Å²) in [4.78, 5) is 13.1. The first-order chi connectivity index (χ1) is 6.16. The molecule has 3 N–H and O–H groups in total. The predicted octanol–water partition coefficient (Wildman–Crippen LogP) is -0.293. The highest BCUT2D eigenvalue weighted by Crippen LogP contribution is 2.19. The molecule has 2 atom stereocenters. The Hall–Kier alpha value is -0.610. The Morgan fingerprint density at radius 2 is 2.38 bits per heavy atom. The van der Waals surface area contributed by atoms with E-state index in [-0.39, 0.29) is 18.5 Å². The van der Waals surface area contributed by atoms with Gasteiger partial charge >= 0.3 is 0 Å². The maximum atomic E-state index is 11.4. The van der Waals surface area contributed by atoms with Gasteiger partial charge in [-0.15, -0.1) is 0 Å². The third-order valence-corrected chi connectivity index (χ3v) is 2.60. The average Bonchev–Trinajstić information content (AvgIpc) is 2.16. The van der Waals surface area contributed by atoms with Gasteiger partial charge in [0.15, 0.2) is 0 Å². The fourth-order valence-corrected chi connectivity index (χ4v) is 1.89. The summed E-state index contributed by atoms with van der Waals surface area (Å²) in [6, 6.07) is -0.0233. The Morgan fingerprint density at radius 3 is 2.92 bits per heavy atom. The van der Waals surface area contributed by atoms with Gasteiger partial charge in [0, 0.05) is 6.54 Å². The monoisotopic (exact) mass is 186 g/mol. The molecule has 4 heteroatoms. The predicted molar refractivity (Wildman–Crippen MR) is 50.1 cm³/mol. The molecule has 0 spiro atoms. The Balaban J connectivity index is 2.61. The molecule has 0 radical (unpaired) electrons. The molecular weight excluding hydrogens is 168 g/mol. The van der Waals surface area contributed by atoms with E-state index in [1.165, 1.54) is 0 Å². The summed E-state index contributed by atoms with van der Waals surface area (Å²) in [5.41, 5.74) is 5.29. The van der Waals surface area contributed by atoms with Crippen molar-refractivity contribution in [2.45, 2.75) is 38.3 Å². The Morgan fingerprint density at radius 1 is 1.69 bits per heavy atom. The molecule has 76 valence electrons. The lowest BCUT2D eigenvalue weighted by atomic mass is 9.98. The number of piperidine rings is 1. The summed E-state index contributed by atoms with van der Waals surface area (Å²) >= 11 is 0. The van der Waals surface area contributed by atoms with E-state index in [1.807, 2.05) is 0 Å². The van der Waals surface area contributed by atoms with Crippen LogP contribution in [0.3, 0.4) is 0 Å². The zero-order valence-electron chi connectivity index (χ0n) is 8.07. The molecule has 4 nitrogen and oxygen atoms in total. The third kappa shape index (κ3) is 2.42. The first-order valence-corrected chi connectivity index (χ1v) is 4.84.